The Morgan fingerprint density at radius 1 is 0.595 bits per heavy atom. The average molecular weight is 476 g/mol. The Morgan fingerprint density at radius 3 is 2.00 bits per heavy atom. The number of hydrogen-bond donors (Lipinski definition) is 0. The zero-order valence-electron chi connectivity index (χ0n) is 20.6. The molecule has 7 rings (SSSR count). The summed E-state index contributed by atoms with van der Waals surface area (Å²) in [7, 11) is 0. The zero-order chi connectivity index (χ0) is 24.8. The van der Waals surface area contributed by atoms with Crippen molar-refractivity contribution >= 4 is 32.7 Å². The third kappa shape index (κ3) is 3.78. The maximum Gasteiger partial charge on any atom is 0.144 e. The summed E-state index contributed by atoms with van der Waals surface area (Å²) in [5.41, 5.74) is 9.83. The summed E-state index contributed by atoms with van der Waals surface area (Å²) in [6.07, 6.45) is 3.02. The van der Waals surface area contributed by atoms with E-state index in [2.05, 4.69) is 104 Å². The Bertz CT molecular complexity index is 1890. The lowest BCUT2D eigenvalue weighted by Gasteiger charge is -2.08. The predicted molar refractivity (Wildman–Crippen MR) is 155 cm³/mol. The van der Waals surface area contributed by atoms with Crippen LogP contribution in [0.2, 0.25) is 0 Å². The summed E-state index contributed by atoms with van der Waals surface area (Å²) in [5.74, 6) is 0. The second-order valence-corrected chi connectivity index (χ2v) is 9.54. The number of hydrogen-bond acceptors (Lipinski definition) is 2. The number of rotatable bonds is 4. The Labute approximate surface area is 215 Å². The molecule has 0 aliphatic heterocycles. The first kappa shape index (κ1) is 21.6. The fourth-order valence-electron chi connectivity index (χ4n) is 5.21. The van der Waals surface area contributed by atoms with E-state index >= 15 is 0 Å². The molecule has 37 heavy (non-hydrogen) atoms. The SMILES string of the molecule is CCc1ccc(-c2ccc3cc(-c4ccc(-c5cccc6c5oc5ccccc56)nc4)ccc3c2)cc1. The van der Waals surface area contributed by atoms with Crippen molar-refractivity contribution in [3.05, 3.63) is 127 Å². The number of aromatic nitrogens is 1. The molecule has 0 aliphatic carbocycles. The minimum absolute atomic E-state index is 0.884. The van der Waals surface area contributed by atoms with Gasteiger partial charge in [-0.1, -0.05) is 91.9 Å². The third-order valence-corrected chi connectivity index (χ3v) is 7.31. The molecule has 0 saturated heterocycles. The molecule has 176 valence electrons. The minimum atomic E-state index is 0.884. The van der Waals surface area contributed by atoms with Crippen LogP contribution in [0.4, 0.5) is 0 Å². The highest BCUT2D eigenvalue weighted by Crippen LogP contribution is 2.35. The van der Waals surface area contributed by atoms with Crippen LogP contribution in [0.5, 0.6) is 0 Å². The molecular formula is C35H25NO. The number of aryl methyl sites for hydroxylation is 1. The van der Waals surface area contributed by atoms with E-state index in [1.54, 1.807) is 0 Å². The van der Waals surface area contributed by atoms with Crippen molar-refractivity contribution in [3.8, 4) is 33.5 Å². The quantitative estimate of drug-likeness (QED) is 0.253. The molecule has 2 nitrogen and oxygen atoms in total. The molecule has 0 N–H and O–H groups in total. The smallest absolute Gasteiger partial charge is 0.144 e. The van der Waals surface area contributed by atoms with Crippen LogP contribution in [-0.2, 0) is 6.42 Å². The molecule has 2 aromatic heterocycles. The van der Waals surface area contributed by atoms with E-state index < -0.39 is 0 Å². The fraction of sp³-hybridized carbons (Fsp3) is 0.0571. The number of fused-ring (bicyclic) bond motifs is 4. The first-order valence-electron chi connectivity index (χ1n) is 12.8. The number of furan rings is 1. The molecule has 0 aliphatic rings. The molecule has 5 aromatic carbocycles. The minimum Gasteiger partial charge on any atom is -0.455 e. The van der Waals surface area contributed by atoms with Gasteiger partial charge in [-0.15, -0.1) is 0 Å². The standard InChI is InChI=1S/C35H25NO/c1-2-23-10-12-24(13-11-23)25-14-15-27-21-28(17-16-26(27)20-25)29-18-19-33(36-22-29)32-8-5-7-31-30-6-3-4-9-34(30)37-35(31)32/h3-22H,2H2,1H3. The summed E-state index contributed by atoms with van der Waals surface area (Å²) in [5, 5.41) is 4.71. The van der Waals surface area contributed by atoms with E-state index in [0.29, 0.717) is 0 Å². The van der Waals surface area contributed by atoms with E-state index in [9.17, 15) is 0 Å². The molecule has 0 saturated carbocycles. The van der Waals surface area contributed by atoms with Crippen LogP contribution in [0.1, 0.15) is 12.5 Å². The summed E-state index contributed by atoms with van der Waals surface area (Å²) in [4.78, 5) is 4.83. The summed E-state index contributed by atoms with van der Waals surface area (Å²) >= 11 is 0. The highest BCUT2D eigenvalue weighted by atomic mass is 16.3. The van der Waals surface area contributed by atoms with Crippen LogP contribution in [-0.4, -0.2) is 4.98 Å². The van der Waals surface area contributed by atoms with Gasteiger partial charge in [0.15, 0.2) is 0 Å². The van der Waals surface area contributed by atoms with E-state index in [4.69, 9.17) is 9.40 Å². The molecule has 0 spiro atoms. The van der Waals surface area contributed by atoms with Gasteiger partial charge in [0.2, 0.25) is 0 Å². The van der Waals surface area contributed by atoms with Gasteiger partial charge in [0.1, 0.15) is 11.2 Å². The van der Waals surface area contributed by atoms with Crippen molar-refractivity contribution in [2.75, 3.05) is 0 Å². The highest BCUT2D eigenvalue weighted by molar-refractivity contribution is 6.09. The summed E-state index contributed by atoms with van der Waals surface area (Å²) in [6, 6.07) is 40.9. The molecule has 0 radical (unpaired) electrons. The molecule has 0 bridgehead atoms. The van der Waals surface area contributed by atoms with E-state index in [-0.39, 0.29) is 0 Å². The summed E-state index contributed by atoms with van der Waals surface area (Å²) in [6.45, 7) is 2.19. The Morgan fingerprint density at radius 2 is 1.27 bits per heavy atom. The summed E-state index contributed by atoms with van der Waals surface area (Å²) < 4.78 is 6.21. The largest absolute Gasteiger partial charge is 0.455 e. The van der Waals surface area contributed by atoms with E-state index in [1.165, 1.54) is 27.5 Å². The molecule has 2 heterocycles. The lowest BCUT2D eigenvalue weighted by Crippen LogP contribution is -1.86. The van der Waals surface area contributed by atoms with Crippen molar-refractivity contribution in [2.24, 2.45) is 0 Å². The van der Waals surface area contributed by atoms with Crippen molar-refractivity contribution in [3.63, 3.8) is 0 Å². The van der Waals surface area contributed by atoms with Crippen molar-refractivity contribution in [2.45, 2.75) is 13.3 Å². The second-order valence-electron chi connectivity index (χ2n) is 9.54. The molecule has 0 fully saturated rings. The normalized spacial score (nSPS) is 11.5. The number of para-hydroxylation sites is 2. The highest BCUT2D eigenvalue weighted by Gasteiger charge is 2.13. The van der Waals surface area contributed by atoms with Crippen LogP contribution >= 0.6 is 0 Å². The van der Waals surface area contributed by atoms with Gasteiger partial charge >= 0.3 is 0 Å². The monoisotopic (exact) mass is 475 g/mol. The van der Waals surface area contributed by atoms with Gasteiger partial charge in [-0.3, -0.25) is 4.98 Å². The maximum atomic E-state index is 6.21. The second kappa shape index (κ2) is 8.76. The average Bonchev–Trinajstić information content (AvgIpc) is 3.36. The lowest BCUT2D eigenvalue weighted by molar-refractivity contribution is 0.670. The van der Waals surface area contributed by atoms with Gasteiger partial charge in [0.05, 0.1) is 5.69 Å². The van der Waals surface area contributed by atoms with E-state index in [1.807, 2.05) is 24.4 Å². The molecule has 0 unspecified atom stereocenters. The van der Waals surface area contributed by atoms with Gasteiger partial charge < -0.3 is 4.42 Å². The molecule has 0 atom stereocenters. The van der Waals surface area contributed by atoms with Crippen LogP contribution in [0.15, 0.2) is 126 Å². The van der Waals surface area contributed by atoms with E-state index in [0.717, 1.165) is 50.7 Å². The van der Waals surface area contributed by atoms with Crippen LogP contribution in [0.3, 0.4) is 0 Å². The third-order valence-electron chi connectivity index (χ3n) is 7.31. The first-order valence-corrected chi connectivity index (χ1v) is 12.8. The van der Waals surface area contributed by atoms with Crippen LogP contribution in [0.25, 0.3) is 66.2 Å². The Balaban J connectivity index is 1.21. The predicted octanol–water partition coefficient (Wildman–Crippen LogP) is 9.70. The van der Waals surface area contributed by atoms with Gasteiger partial charge in [-0.05, 0) is 69.8 Å². The zero-order valence-corrected chi connectivity index (χ0v) is 20.6. The molecule has 7 aromatic rings. The number of nitrogens with zero attached hydrogens (tertiary/aromatic N) is 1. The van der Waals surface area contributed by atoms with Gasteiger partial charge in [-0.2, -0.15) is 0 Å². The van der Waals surface area contributed by atoms with Crippen LogP contribution in [0, 0.1) is 0 Å². The van der Waals surface area contributed by atoms with Gasteiger partial charge in [0.25, 0.3) is 0 Å². The maximum absolute atomic E-state index is 6.21. The number of pyridine rings is 1. The molecular weight excluding hydrogens is 450 g/mol. The van der Waals surface area contributed by atoms with Crippen molar-refractivity contribution in [1.82, 2.24) is 4.98 Å². The lowest BCUT2D eigenvalue weighted by atomic mass is 9.97. The topological polar surface area (TPSA) is 26.0 Å². The number of benzene rings is 5. The van der Waals surface area contributed by atoms with Crippen molar-refractivity contribution in [1.29, 1.82) is 0 Å². The van der Waals surface area contributed by atoms with Crippen LogP contribution < -0.4 is 0 Å². The van der Waals surface area contributed by atoms with Gasteiger partial charge in [0, 0.05) is 28.1 Å². The van der Waals surface area contributed by atoms with Crippen molar-refractivity contribution < 1.29 is 4.42 Å². The fourth-order valence-corrected chi connectivity index (χ4v) is 5.21. The van der Waals surface area contributed by atoms with Gasteiger partial charge in [-0.25, -0.2) is 0 Å². The Kier molecular flexibility index (Phi) is 5.11. The molecule has 2 heteroatoms. The molecule has 0 amide bonds. The first-order chi connectivity index (χ1) is 18.3. The Hall–Kier alpha value is -4.69.